The van der Waals surface area contributed by atoms with Crippen LogP contribution in [0.15, 0.2) is 36.5 Å². The molecule has 0 aliphatic heterocycles. The molecule has 0 saturated carbocycles. The van der Waals surface area contributed by atoms with Crippen LogP contribution in [0.2, 0.25) is 0 Å². The Bertz CT molecular complexity index is 461. The van der Waals surface area contributed by atoms with Crippen molar-refractivity contribution in [3.63, 3.8) is 0 Å². The molecular formula is C30H54O2. The summed E-state index contributed by atoms with van der Waals surface area (Å²) < 4.78 is 5.38. The van der Waals surface area contributed by atoms with E-state index in [1.54, 1.807) is 0 Å². The first-order valence-corrected chi connectivity index (χ1v) is 13.9. The number of allylic oxidation sites excluding steroid dienone is 6. The van der Waals surface area contributed by atoms with Crippen LogP contribution in [-0.4, -0.2) is 12.6 Å². The zero-order valence-electron chi connectivity index (χ0n) is 21.6. The maximum Gasteiger partial charge on any atom is 0.305 e. The van der Waals surface area contributed by atoms with Crippen LogP contribution in [0, 0.1) is 0 Å². The summed E-state index contributed by atoms with van der Waals surface area (Å²) in [6.45, 7) is 4.92. The monoisotopic (exact) mass is 446 g/mol. The predicted octanol–water partition coefficient (Wildman–Crippen LogP) is 10.0. The van der Waals surface area contributed by atoms with E-state index in [0.29, 0.717) is 13.0 Å². The van der Waals surface area contributed by atoms with Crippen molar-refractivity contribution in [3.05, 3.63) is 36.5 Å². The van der Waals surface area contributed by atoms with Gasteiger partial charge < -0.3 is 4.74 Å². The van der Waals surface area contributed by atoms with E-state index in [0.717, 1.165) is 25.7 Å². The van der Waals surface area contributed by atoms with Crippen molar-refractivity contribution < 1.29 is 9.53 Å². The molecule has 0 saturated heterocycles. The van der Waals surface area contributed by atoms with Crippen molar-refractivity contribution in [2.45, 2.75) is 142 Å². The number of esters is 1. The van der Waals surface area contributed by atoms with Gasteiger partial charge in [0, 0.05) is 6.42 Å². The van der Waals surface area contributed by atoms with Crippen molar-refractivity contribution in [1.82, 2.24) is 0 Å². The van der Waals surface area contributed by atoms with Crippen LogP contribution in [-0.2, 0) is 9.53 Å². The Kier molecular flexibility index (Phi) is 26.6. The molecule has 32 heavy (non-hydrogen) atoms. The first kappa shape index (κ1) is 30.7. The summed E-state index contributed by atoms with van der Waals surface area (Å²) in [5, 5.41) is 0. The minimum Gasteiger partial charge on any atom is -0.466 e. The molecule has 0 aromatic rings. The maximum absolute atomic E-state index is 11.8. The van der Waals surface area contributed by atoms with Gasteiger partial charge in [-0.1, -0.05) is 114 Å². The molecule has 0 rings (SSSR count). The molecule has 0 radical (unpaired) electrons. The fourth-order valence-electron chi connectivity index (χ4n) is 3.73. The summed E-state index contributed by atoms with van der Waals surface area (Å²) in [5.74, 6) is 0.00423. The molecule has 0 bridgehead atoms. The summed E-state index contributed by atoms with van der Waals surface area (Å²) in [5.41, 5.74) is 0. The van der Waals surface area contributed by atoms with Crippen LogP contribution >= 0.6 is 0 Å². The number of rotatable bonds is 24. The predicted molar refractivity (Wildman–Crippen MR) is 142 cm³/mol. The van der Waals surface area contributed by atoms with Crippen LogP contribution in [0.4, 0.5) is 0 Å². The fourth-order valence-corrected chi connectivity index (χ4v) is 3.73. The lowest BCUT2D eigenvalue weighted by atomic mass is 10.1. The van der Waals surface area contributed by atoms with Crippen molar-refractivity contribution >= 4 is 5.97 Å². The lowest BCUT2D eigenvalue weighted by Gasteiger charge is -2.05. The number of hydrogen-bond acceptors (Lipinski definition) is 2. The third kappa shape index (κ3) is 26.7. The molecule has 186 valence electrons. The Hall–Kier alpha value is -1.31. The highest BCUT2D eigenvalue weighted by molar-refractivity contribution is 5.69. The Morgan fingerprint density at radius 3 is 1.69 bits per heavy atom. The molecule has 2 nitrogen and oxygen atoms in total. The molecule has 0 N–H and O–H groups in total. The number of carbonyl (C=O) groups excluding carboxylic acids is 1. The smallest absolute Gasteiger partial charge is 0.305 e. The molecule has 0 aromatic heterocycles. The van der Waals surface area contributed by atoms with Gasteiger partial charge in [-0.05, 0) is 58.3 Å². The average molecular weight is 447 g/mol. The van der Waals surface area contributed by atoms with E-state index in [1.807, 2.05) is 0 Å². The molecule has 0 spiro atoms. The Morgan fingerprint density at radius 1 is 0.594 bits per heavy atom. The Balaban J connectivity index is 3.22. The van der Waals surface area contributed by atoms with E-state index in [2.05, 4.69) is 50.3 Å². The minimum absolute atomic E-state index is 0.00423. The van der Waals surface area contributed by atoms with E-state index >= 15 is 0 Å². The maximum atomic E-state index is 11.8. The largest absolute Gasteiger partial charge is 0.466 e. The second-order valence-electron chi connectivity index (χ2n) is 9.03. The highest BCUT2D eigenvalue weighted by Crippen LogP contribution is 2.11. The summed E-state index contributed by atoms with van der Waals surface area (Å²) in [4.78, 5) is 11.8. The van der Waals surface area contributed by atoms with Crippen molar-refractivity contribution in [2.24, 2.45) is 0 Å². The molecule has 0 fully saturated rings. The van der Waals surface area contributed by atoms with Gasteiger partial charge in [0.1, 0.15) is 0 Å². The van der Waals surface area contributed by atoms with Gasteiger partial charge in [-0.15, -0.1) is 0 Å². The van der Waals surface area contributed by atoms with Crippen LogP contribution in [0.3, 0.4) is 0 Å². The van der Waals surface area contributed by atoms with Crippen molar-refractivity contribution in [1.29, 1.82) is 0 Å². The number of ether oxygens (including phenoxy) is 1. The zero-order valence-corrected chi connectivity index (χ0v) is 21.6. The fraction of sp³-hybridized carbons (Fsp3) is 0.767. The van der Waals surface area contributed by atoms with Gasteiger partial charge >= 0.3 is 5.97 Å². The quantitative estimate of drug-likeness (QED) is 0.0837. The van der Waals surface area contributed by atoms with Gasteiger partial charge in [-0.3, -0.25) is 4.79 Å². The van der Waals surface area contributed by atoms with E-state index < -0.39 is 0 Å². The number of hydrogen-bond donors (Lipinski definition) is 0. The van der Waals surface area contributed by atoms with E-state index in [-0.39, 0.29) is 5.97 Å². The second kappa shape index (κ2) is 27.7. The molecule has 0 unspecified atom stereocenters. The lowest BCUT2D eigenvalue weighted by Crippen LogP contribution is -2.05. The lowest BCUT2D eigenvalue weighted by molar-refractivity contribution is -0.143. The van der Waals surface area contributed by atoms with Crippen LogP contribution in [0.25, 0.3) is 0 Å². The molecule has 0 heterocycles. The second-order valence-corrected chi connectivity index (χ2v) is 9.03. The molecule has 2 heteroatoms. The topological polar surface area (TPSA) is 26.3 Å². The minimum atomic E-state index is 0.00423. The van der Waals surface area contributed by atoms with Gasteiger partial charge in [0.05, 0.1) is 6.61 Å². The van der Waals surface area contributed by atoms with Crippen molar-refractivity contribution in [3.8, 4) is 0 Å². The SMILES string of the molecule is C/C=C/C/C=C\CCCCCCCCCC(=O)OCCCCCCCC/C=C\CCCC. The first-order valence-electron chi connectivity index (χ1n) is 13.9. The van der Waals surface area contributed by atoms with Crippen LogP contribution in [0.5, 0.6) is 0 Å². The highest BCUT2D eigenvalue weighted by Gasteiger charge is 2.02. The number of carbonyl (C=O) groups is 1. The van der Waals surface area contributed by atoms with E-state index in [1.165, 1.54) is 96.3 Å². The first-order chi connectivity index (χ1) is 15.8. The van der Waals surface area contributed by atoms with E-state index in [9.17, 15) is 4.79 Å². The molecule has 0 aliphatic rings. The summed E-state index contributed by atoms with van der Waals surface area (Å²) in [6.07, 6.45) is 37.6. The zero-order chi connectivity index (χ0) is 23.4. The number of unbranched alkanes of at least 4 members (excludes halogenated alkanes) is 15. The molecule has 0 aliphatic carbocycles. The third-order valence-electron chi connectivity index (χ3n) is 5.85. The standard InChI is InChI=1S/C30H54O2/c1-3-5-7-9-11-13-15-17-18-20-22-24-26-28-30(31)32-29-27-25-23-21-19-16-14-12-10-8-6-4-2/h3,5,9-12H,4,6-8,13-29H2,1-2H3/b5-3+,11-9-,12-10-. The van der Waals surface area contributed by atoms with E-state index in [4.69, 9.17) is 4.74 Å². The van der Waals surface area contributed by atoms with Crippen LogP contribution < -0.4 is 0 Å². The third-order valence-corrected chi connectivity index (χ3v) is 5.85. The summed E-state index contributed by atoms with van der Waals surface area (Å²) >= 11 is 0. The van der Waals surface area contributed by atoms with Gasteiger partial charge in [-0.2, -0.15) is 0 Å². The van der Waals surface area contributed by atoms with Gasteiger partial charge in [0.15, 0.2) is 0 Å². The molecular weight excluding hydrogens is 392 g/mol. The summed E-state index contributed by atoms with van der Waals surface area (Å²) in [7, 11) is 0. The Labute approximate surface area is 201 Å². The van der Waals surface area contributed by atoms with Gasteiger partial charge in [0.25, 0.3) is 0 Å². The van der Waals surface area contributed by atoms with Crippen LogP contribution in [0.1, 0.15) is 142 Å². The average Bonchev–Trinajstić information content (AvgIpc) is 2.80. The molecule has 0 atom stereocenters. The molecule has 0 aromatic carbocycles. The van der Waals surface area contributed by atoms with Crippen molar-refractivity contribution in [2.75, 3.05) is 6.61 Å². The van der Waals surface area contributed by atoms with Gasteiger partial charge in [-0.25, -0.2) is 0 Å². The Morgan fingerprint density at radius 2 is 1.09 bits per heavy atom. The molecule has 0 amide bonds. The highest BCUT2D eigenvalue weighted by atomic mass is 16.5. The summed E-state index contributed by atoms with van der Waals surface area (Å²) in [6, 6.07) is 0. The normalized spacial score (nSPS) is 11.9. The van der Waals surface area contributed by atoms with Gasteiger partial charge in [0.2, 0.25) is 0 Å².